The number of nitrogens with one attached hydrogen (secondary N) is 2. The first-order valence-electron chi connectivity index (χ1n) is 8.46. The molecule has 7 heteroatoms. The average Bonchev–Trinajstić information content (AvgIpc) is 2.86. The number of urea groups is 1. The molecule has 2 atom stereocenters. The number of ether oxygens (including phenoxy) is 2. The monoisotopic (exact) mass is 327 g/mol. The fourth-order valence-electron chi connectivity index (χ4n) is 2.94. The number of rotatable bonds is 4. The van der Waals surface area contributed by atoms with Crippen LogP contribution in [0.3, 0.4) is 0 Å². The number of carbonyl (C=O) groups excluding carboxylic acids is 2. The largest absolute Gasteiger partial charge is 0.347 e. The van der Waals surface area contributed by atoms with Gasteiger partial charge < -0.3 is 14.8 Å². The van der Waals surface area contributed by atoms with Crippen LogP contribution in [-0.2, 0) is 14.3 Å². The maximum atomic E-state index is 12.2. The summed E-state index contributed by atoms with van der Waals surface area (Å²) in [6, 6.07) is -0.781. The van der Waals surface area contributed by atoms with E-state index in [0.29, 0.717) is 19.1 Å². The molecule has 132 valence electrons. The third-order valence-electron chi connectivity index (χ3n) is 4.39. The summed E-state index contributed by atoms with van der Waals surface area (Å²) in [6.07, 6.45) is 1.62. The molecule has 0 aliphatic carbocycles. The number of carbonyl (C=O) groups is 2. The number of nitrogens with zero attached hydrogens (tertiary/aromatic N) is 1. The maximum absolute atomic E-state index is 12.2. The van der Waals surface area contributed by atoms with Crippen LogP contribution in [0.15, 0.2) is 0 Å². The lowest BCUT2D eigenvalue weighted by molar-refractivity contribution is -0.195. The molecule has 2 fully saturated rings. The van der Waals surface area contributed by atoms with Crippen molar-refractivity contribution in [2.45, 2.75) is 58.5 Å². The van der Waals surface area contributed by atoms with Crippen molar-refractivity contribution in [3.8, 4) is 0 Å². The zero-order valence-electron chi connectivity index (χ0n) is 14.6. The Morgan fingerprint density at radius 3 is 2.43 bits per heavy atom. The number of amides is 3. The molecular weight excluding hydrogens is 298 g/mol. The quantitative estimate of drug-likeness (QED) is 0.808. The third kappa shape index (κ3) is 4.89. The molecule has 2 rings (SSSR count). The number of imide groups is 1. The molecule has 2 aliphatic rings. The highest BCUT2D eigenvalue weighted by atomic mass is 16.7. The van der Waals surface area contributed by atoms with Crippen molar-refractivity contribution in [3.05, 3.63) is 0 Å². The van der Waals surface area contributed by atoms with Gasteiger partial charge in [-0.05, 0) is 19.8 Å². The average molecular weight is 327 g/mol. The molecule has 0 aromatic carbocycles. The highest BCUT2D eigenvalue weighted by Gasteiger charge is 2.43. The summed E-state index contributed by atoms with van der Waals surface area (Å²) >= 11 is 0. The molecule has 1 spiro atoms. The number of piperidine rings is 1. The summed E-state index contributed by atoms with van der Waals surface area (Å²) in [5.41, 5.74) is 0. The Hall–Kier alpha value is -1.18. The molecule has 23 heavy (non-hydrogen) atoms. The Morgan fingerprint density at radius 1 is 1.26 bits per heavy atom. The van der Waals surface area contributed by atoms with Crippen molar-refractivity contribution >= 4 is 11.9 Å². The molecule has 0 aromatic heterocycles. The van der Waals surface area contributed by atoms with Crippen LogP contribution >= 0.6 is 0 Å². The highest BCUT2D eigenvalue weighted by molar-refractivity contribution is 5.96. The smallest absolute Gasteiger partial charge is 0.321 e. The second-order valence-electron chi connectivity index (χ2n) is 6.96. The first kappa shape index (κ1) is 18.2. The van der Waals surface area contributed by atoms with Gasteiger partial charge in [0.1, 0.15) is 0 Å². The van der Waals surface area contributed by atoms with Crippen molar-refractivity contribution in [1.29, 1.82) is 0 Å². The van der Waals surface area contributed by atoms with Gasteiger partial charge in [-0.15, -0.1) is 0 Å². The van der Waals surface area contributed by atoms with Gasteiger partial charge in [0.2, 0.25) is 5.91 Å². The minimum absolute atomic E-state index is 0.131. The van der Waals surface area contributed by atoms with E-state index >= 15 is 0 Å². The summed E-state index contributed by atoms with van der Waals surface area (Å²) in [5.74, 6) is -0.398. The summed E-state index contributed by atoms with van der Waals surface area (Å²) in [7, 11) is 0. The molecule has 0 aromatic rings. The maximum Gasteiger partial charge on any atom is 0.321 e. The summed E-state index contributed by atoms with van der Waals surface area (Å²) < 4.78 is 11.7. The minimum Gasteiger partial charge on any atom is -0.347 e. The minimum atomic E-state index is -0.471. The Labute approximate surface area is 138 Å². The topological polar surface area (TPSA) is 79.9 Å². The van der Waals surface area contributed by atoms with Gasteiger partial charge in [-0.1, -0.05) is 13.8 Å². The SMILES string of the molecule is CC(C)CNC(=O)NC(=O)[C@H](C)N1CCC2(CC1)OC[C@@H](C)O2. The Morgan fingerprint density at radius 2 is 1.91 bits per heavy atom. The number of hydrogen-bond donors (Lipinski definition) is 2. The normalized spacial score (nSPS) is 25.5. The number of likely N-dealkylation sites (tertiary alicyclic amines) is 1. The molecular formula is C16H29N3O4. The van der Waals surface area contributed by atoms with Gasteiger partial charge in [-0.2, -0.15) is 0 Å². The zero-order valence-corrected chi connectivity index (χ0v) is 14.6. The molecule has 0 unspecified atom stereocenters. The van der Waals surface area contributed by atoms with Crippen LogP contribution in [-0.4, -0.2) is 61.0 Å². The predicted molar refractivity (Wildman–Crippen MR) is 85.9 cm³/mol. The van der Waals surface area contributed by atoms with Gasteiger partial charge in [0.05, 0.1) is 18.8 Å². The van der Waals surface area contributed by atoms with Gasteiger partial charge in [0, 0.05) is 32.5 Å². The van der Waals surface area contributed by atoms with E-state index in [1.165, 1.54) is 0 Å². The Kier molecular flexibility index (Phi) is 6.00. The zero-order chi connectivity index (χ0) is 17.0. The fraction of sp³-hybridized carbons (Fsp3) is 0.875. The standard InChI is InChI=1S/C16H29N3O4/c1-11(2)9-17-15(21)18-14(20)13(4)19-7-5-16(6-8-19)22-10-12(3)23-16/h11-13H,5-10H2,1-4H3,(H2,17,18,20,21)/t12-,13+/m1/s1. The molecule has 2 N–H and O–H groups in total. The molecule has 0 bridgehead atoms. The van der Waals surface area contributed by atoms with E-state index in [-0.39, 0.29) is 18.1 Å². The van der Waals surface area contributed by atoms with Crippen LogP contribution < -0.4 is 10.6 Å². The predicted octanol–water partition coefficient (Wildman–Crippen LogP) is 1.08. The molecule has 2 heterocycles. The van der Waals surface area contributed by atoms with Crippen molar-refractivity contribution in [3.63, 3.8) is 0 Å². The summed E-state index contributed by atoms with van der Waals surface area (Å²) in [5, 5.41) is 5.09. The van der Waals surface area contributed by atoms with Crippen LogP contribution in [0, 0.1) is 5.92 Å². The second kappa shape index (κ2) is 7.59. The van der Waals surface area contributed by atoms with Crippen LogP contribution in [0.2, 0.25) is 0 Å². The van der Waals surface area contributed by atoms with Crippen molar-refractivity contribution in [2.24, 2.45) is 5.92 Å². The van der Waals surface area contributed by atoms with Crippen LogP contribution in [0.1, 0.15) is 40.5 Å². The van der Waals surface area contributed by atoms with Gasteiger partial charge >= 0.3 is 6.03 Å². The van der Waals surface area contributed by atoms with Crippen LogP contribution in [0.4, 0.5) is 4.79 Å². The number of hydrogen-bond acceptors (Lipinski definition) is 5. The third-order valence-corrected chi connectivity index (χ3v) is 4.39. The lowest BCUT2D eigenvalue weighted by Gasteiger charge is -2.39. The van der Waals surface area contributed by atoms with E-state index in [1.54, 1.807) is 0 Å². The molecule has 3 amide bonds. The fourth-order valence-corrected chi connectivity index (χ4v) is 2.94. The van der Waals surface area contributed by atoms with Crippen LogP contribution in [0.5, 0.6) is 0 Å². The first-order chi connectivity index (χ1) is 10.8. The van der Waals surface area contributed by atoms with E-state index < -0.39 is 11.8 Å². The van der Waals surface area contributed by atoms with Crippen molar-refractivity contribution in [2.75, 3.05) is 26.2 Å². The lowest BCUT2D eigenvalue weighted by atomic mass is 10.0. The molecule has 2 aliphatic heterocycles. The molecule has 0 saturated carbocycles. The molecule has 2 saturated heterocycles. The van der Waals surface area contributed by atoms with Crippen LogP contribution in [0.25, 0.3) is 0 Å². The molecule has 0 radical (unpaired) electrons. The first-order valence-corrected chi connectivity index (χ1v) is 8.46. The Balaban J connectivity index is 1.76. The van der Waals surface area contributed by atoms with Gasteiger partial charge in [0.15, 0.2) is 5.79 Å². The van der Waals surface area contributed by atoms with Gasteiger partial charge in [-0.3, -0.25) is 15.0 Å². The summed E-state index contributed by atoms with van der Waals surface area (Å²) in [6.45, 7) is 10.4. The highest BCUT2D eigenvalue weighted by Crippen LogP contribution is 2.34. The summed E-state index contributed by atoms with van der Waals surface area (Å²) in [4.78, 5) is 25.9. The van der Waals surface area contributed by atoms with Gasteiger partial charge in [-0.25, -0.2) is 4.79 Å². The van der Waals surface area contributed by atoms with E-state index in [9.17, 15) is 9.59 Å². The van der Waals surface area contributed by atoms with E-state index in [1.807, 2.05) is 27.7 Å². The second-order valence-corrected chi connectivity index (χ2v) is 6.96. The van der Waals surface area contributed by atoms with E-state index in [2.05, 4.69) is 15.5 Å². The van der Waals surface area contributed by atoms with E-state index in [0.717, 1.165) is 25.9 Å². The Bertz CT molecular complexity index is 433. The lowest BCUT2D eigenvalue weighted by Crippen LogP contribution is -2.54. The van der Waals surface area contributed by atoms with E-state index in [4.69, 9.17) is 9.47 Å². The van der Waals surface area contributed by atoms with Crippen molar-refractivity contribution in [1.82, 2.24) is 15.5 Å². The van der Waals surface area contributed by atoms with Gasteiger partial charge in [0.25, 0.3) is 0 Å². The molecule has 7 nitrogen and oxygen atoms in total. The van der Waals surface area contributed by atoms with Crippen molar-refractivity contribution < 1.29 is 19.1 Å².